The summed E-state index contributed by atoms with van der Waals surface area (Å²) in [5, 5.41) is 16.4. The Balaban J connectivity index is 1.46. The average molecular weight is 427 g/mol. The van der Waals surface area contributed by atoms with Gasteiger partial charge in [-0.15, -0.1) is 0 Å². The van der Waals surface area contributed by atoms with E-state index in [4.69, 9.17) is 4.74 Å². The predicted molar refractivity (Wildman–Crippen MR) is 116 cm³/mol. The number of hydrogen-bond acceptors (Lipinski definition) is 9. The Kier molecular flexibility index (Phi) is 5.77. The van der Waals surface area contributed by atoms with Crippen LogP contribution in [0.25, 0.3) is 0 Å². The molecule has 3 aromatic rings. The van der Waals surface area contributed by atoms with Gasteiger partial charge >= 0.3 is 0 Å². The molecule has 1 aliphatic heterocycles. The van der Waals surface area contributed by atoms with E-state index in [-0.39, 0.29) is 11.7 Å². The van der Waals surface area contributed by atoms with Gasteiger partial charge in [0, 0.05) is 24.7 Å². The molecule has 0 bridgehead atoms. The third-order valence-corrected chi connectivity index (χ3v) is 5.75. The number of amides is 1. The van der Waals surface area contributed by atoms with Crippen LogP contribution in [0.3, 0.4) is 0 Å². The summed E-state index contributed by atoms with van der Waals surface area (Å²) in [7, 11) is 0. The Morgan fingerprint density at radius 2 is 2.00 bits per heavy atom. The lowest BCUT2D eigenvalue weighted by Crippen LogP contribution is -2.36. The molecule has 1 fully saturated rings. The number of hydrogen-bond donors (Lipinski definition) is 3. The fraction of sp³-hybridized carbons (Fsp3) is 0.300. The number of aromatic hydroxyl groups is 1. The molecular formula is C20H22N6O3S. The first-order valence-corrected chi connectivity index (χ1v) is 10.3. The molecule has 0 saturated carbocycles. The molecule has 156 valence electrons. The topological polar surface area (TPSA) is 112 Å². The highest BCUT2D eigenvalue weighted by Gasteiger charge is 2.16. The third kappa shape index (κ3) is 4.34. The van der Waals surface area contributed by atoms with Crippen LogP contribution in [0.1, 0.15) is 20.8 Å². The molecule has 0 atom stereocenters. The maximum Gasteiger partial charge on any atom is 0.267 e. The summed E-state index contributed by atoms with van der Waals surface area (Å²) in [4.78, 5) is 28.1. The van der Waals surface area contributed by atoms with E-state index in [0.29, 0.717) is 40.3 Å². The summed E-state index contributed by atoms with van der Waals surface area (Å²) in [5.74, 6) is 1.28. The maximum absolute atomic E-state index is 12.7. The first-order valence-electron chi connectivity index (χ1n) is 9.49. The standard InChI is InChI=1S/C20H22N6O3S/c1-12-3-4-14(27)13(2)18(12)25-19(28)15-10-21-20(30-15)24-16-9-17(23-11-22-16)26-5-7-29-8-6-26/h3-4,9-11,27H,5-8H2,1-2H3,(H,25,28)(H,21,22,23,24). The highest BCUT2D eigenvalue weighted by molar-refractivity contribution is 7.17. The number of phenolic OH excluding ortho intramolecular Hbond substituents is 1. The van der Waals surface area contributed by atoms with Gasteiger partial charge in [-0.3, -0.25) is 4.79 Å². The molecule has 3 N–H and O–H groups in total. The van der Waals surface area contributed by atoms with E-state index in [0.717, 1.165) is 24.5 Å². The van der Waals surface area contributed by atoms with Gasteiger partial charge in [0.15, 0.2) is 5.13 Å². The molecule has 0 spiro atoms. The second-order valence-corrected chi connectivity index (χ2v) is 7.90. The van der Waals surface area contributed by atoms with Crippen molar-refractivity contribution in [1.82, 2.24) is 15.0 Å². The summed E-state index contributed by atoms with van der Waals surface area (Å²) in [5.41, 5.74) is 2.11. The Morgan fingerprint density at radius 3 is 2.80 bits per heavy atom. The maximum atomic E-state index is 12.7. The Hall–Kier alpha value is -3.24. The normalized spacial score (nSPS) is 13.9. The van der Waals surface area contributed by atoms with Crippen molar-refractivity contribution >= 4 is 39.7 Å². The molecule has 9 nitrogen and oxygen atoms in total. The number of rotatable bonds is 5. The minimum Gasteiger partial charge on any atom is -0.508 e. The molecule has 0 aliphatic carbocycles. The van der Waals surface area contributed by atoms with E-state index in [1.165, 1.54) is 23.9 Å². The minimum absolute atomic E-state index is 0.141. The molecule has 1 aromatic carbocycles. The lowest BCUT2D eigenvalue weighted by atomic mass is 10.1. The predicted octanol–water partition coefficient (Wildman–Crippen LogP) is 3.09. The van der Waals surface area contributed by atoms with E-state index in [1.54, 1.807) is 19.1 Å². The van der Waals surface area contributed by atoms with Gasteiger partial charge in [0.25, 0.3) is 5.91 Å². The fourth-order valence-corrected chi connectivity index (χ4v) is 3.85. The molecule has 2 aromatic heterocycles. The number of carbonyl (C=O) groups excluding carboxylic acids is 1. The largest absolute Gasteiger partial charge is 0.508 e. The molecule has 1 aliphatic rings. The van der Waals surface area contributed by atoms with Crippen LogP contribution in [0.4, 0.5) is 22.5 Å². The number of aromatic nitrogens is 3. The summed E-state index contributed by atoms with van der Waals surface area (Å²) < 4.78 is 5.38. The summed E-state index contributed by atoms with van der Waals surface area (Å²) in [6.07, 6.45) is 3.02. The molecular weight excluding hydrogens is 404 g/mol. The Bertz CT molecular complexity index is 1060. The van der Waals surface area contributed by atoms with Gasteiger partial charge in [0.05, 0.1) is 25.1 Å². The van der Waals surface area contributed by atoms with Gasteiger partial charge in [-0.2, -0.15) is 0 Å². The van der Waals surface area contributed by atoms with Crippen LogP contribution in [-0.2, 0) is 4.74 Å². The van der Waals surface area contributed by atoms with Gasteiger partial charge in [-0.05, 0) is 25.5 Å². The van der Waals surface area contributed by atoms with Crippen molar-refractivity contribution in [2.75, 3.05) is 41.8 Å². The Labute approximate surface area is 177 Å². The molecule has 1 saturated heterocycles. The van der Waals surface area contributed by atoms with E-state index in [9.17, 15) is 9.90 Å². The number of nitrogens with one attached hydrogen (secondary N) is 2. The van der Waals surface area contributed by atoms with Crippen LogP contribution in [0.15, 0.2) is 30.7 Å². The van der Waals surface area contributed by atoms with Crippen molar-refractivity contribution in [2.45, 2.75) is 13.8 Å². The van der Waals surface area contributed by atoms with Gasteiger partial charge in [-0.25, -0.2) is 15.0 Å². The molecule has 10 heteroatoms. The van der Waals surface area contributed by atoms with E-state index < -0.39 is 0 Å². The molecule has 3 heterocycles. The number of carbonyl (C=O) groups is 1. The van der Waals surface area contributed by atoms with Crippen LogP contribution in [0.2, 0.25) is 0 Å². The minimum atomic E-state index is -0.283. The Morgan fingerprint density at radius 1 is 1.20 bits per heavy atom. The monoisotopic (exact) mass is 426 g/mol. The molecule has 1 amide bonds. The van der Waals surface area contributed by atoms with Crippen molar-refractivity contribution in [3.8, 4) is 5.75 Å². The quantitative estimate of drug-likeness (QED) is 0.571. The number of aryl methyl sites for hydroxylation is 1. The number of morpholine rings is 1. The first-order chi connectivity index (χ1) is 14.5. The number of nitrogens with zero attached hydrogens (tertiary/aromatic N) is 4. The van der Waals surface area contributed by atoms with Crippen LogP contribution in [0, 0.1) is 13.8 Å². The van der Waals surface area contributed by atoms with E-state index in [2.05, 4.69) is 30.5 Å². The smallest absolute Gasteiger partial charge is 0.267 e. The number of anilines is 4. The van der Waals surface area contributed by atoms with Gasteiger partial charge < -0.3 is 25.4 Å². The lowest BCUT2D eigenvalue weighted by Gasteiger charge is -2.27. The average Bonchev–Trinajstić information content (AvgIpc) is 3.23. The van der Waals surface area contributed by atoms with Crippen molar-refractivity contribution in [2.24, 2.45) is 0 Å². The van der Waals surface area contributed by atoms with E-state index >= 15 is 0 Å². The molecule has 30 heavy (non-hydrogen) atoms. The van der Waals surface area contributed by atoms with Crippen LogP contribution in [0.5, 0.6) is 5.75 Å². The van der Waals surface area contributed by atoms with Gasteiger partial charge in [-0.1, -0.05) is 17.4 Å². The zero-order chi connectivity index (χ0) is 21.1. The molecule has 0 unspecified atom stereocenters. The molecule has 0 radical (unpaired) electrons. The second-order valence-electron chi connectivity index (χ2n) is 6.87. The lowest BCUT2D eigenvalue weighted by molar-refractivity contribution is 0.103. The fourth-order valence-electron chi connectivity index (χ4n) is 3.13. The second kappa shape index (κ2) is 8.64. The van der Waals surface area contributed by atoms with E-state index in [1.807, 2.05) is 13.0 Å². The highest BCUT2D eigenvalue weighted by atomic mass is 32.1. The van der Waals surface area contributed by atoms with Crippen LogP contribution in [-0.4, -0.2) is 52.3 Å². The summed E-state index contributed by atoms with van der Waals surface area (Å²) in [6.45, 7) is 6.56. The van der Waals surface area contributed by atoms with Crippen molar-refractivity contribution in [3.05, 3.63) is 46.7 Å². The first kappa shape index (κ1) is 20.0. The van der Waals surface area contributed by atoms with Crippen molar-refractivity contribution < 1.29 is 14.6 Å². The van der Waals surface area contributed by atoms with Gasteiger partial charge in [0.2, 0.25) is 0 Å². The van der Waals surface area contributed by atoms with Gasteiger partial charge in [0.1, 0.15) is 28.6 Å². The van der Waals surface area contributed by atoms with Crippen molar-refractivity contribution in [1.29, 1.82) is 0 Å². The number of thiazole rings is 1. The van der Waals surface area contributed by atoms with Crippen LogP contribution >= 0.6 is 11.3 Å². The zero-order valence-corrected chi connectivity index (χ0v) is 17.5. The summed E-state index contributed by atoms with van der Waals surface area (Å²) in [6, 6.07) is 5.23. The van der Waals surface area contributed by atoms with Crippen molar-refractivity contribution in [3.63, 3.8) is 0 Å². The summed E-state index contributed by atoms with van der Waals surface area (Å²) >= 11 is 1.22. The van der Waals surface area contributed by atoms with Crippen LogP contribution < -0.4 is 15.5 Å². The molecule has 4 rings (SSSR count). The SMILES string of the molecule is Cc1ccc(O)c(C)c1NC(=O)c1cnc(Nc2cc(N3CCOCC3)ncn2)s1. The zero-order valence-electron chi connectivity index (χ0n) is 16.7. The number of phenols is 1. The number of ether oxygens (including phenoxy) is 1. The number of benzene rings is 1. The third-order valence-electron chi connectivity index (χ3n) is 4.84. The highest BCUT2D eigenvalue weighted by Crippen LogP contribution is 2.29.